The van der Waals surface area contributed by atoms with Crippen LogP contribution in [-0.2, 0) is 9.53 Å². The lowest BCUT2D eigenvalue weighted by Gasteiger charge is -2.30. The summed E-state index contributed by atoms with van der Waals surface area (Å²) >= 11 is 0. The van der Waals surface area contributed by atoms with Gasteiger partial charge in [0.15, 0.2) is 0 Å². The molecule has 0 aromatic heterocycles. The van der Waals surface area contributed by atoms with E-state index in [4.69, 9.17) is 4.74 Å². The van der Waals surface area contributed by atoms with Gasteiger partial charge in [0.05, 0.1) is 0 Å². The second kappa shape index (κ2) is 7.41. The van der Waals surface area contributed by atoms with Crippen LogP contribution in [0.25, 0.3) is 0 Å². The Morgan fingerprint density at radius 1 is 1.30 bits per heavy atom. The second-order valence-electron chi connectivity index (χ2n) is 5.46. The minimum absolute atomic E-state index is 0.0936. The van der Waals surface area contributed by atoms with Gasteiger partial charge in [0, 0.05) is 12.3 Å². The zero-order chi connectivity index (χ0) is 15.3. The van der Waals surface area contributed by atoms with Gasteiger partial charge in [-0.2, -0.15) is 0 Å². The SMILES string of the molecule is CCC(=O)OC(C)C(c1ccc(F)cc1C)C(C)CC. The average Bonchev–Trinajstić information content (AvgIpc) is 2.40. The number of benzene rings is 1. The quantitative estimate of drug-likeness (QED) is 0.711. The van der Waals surface area contributed by atoms with Crippen LogP contribution in [-0.4, -0.2) is 12.1 Å². The molecule has 0 fully saturated rings. The van der Waals surface area contributed by atoms with E-state index in [9.17, 15) is 9.18 Å². The molecule has 0 aliphatic carbocycles. The molecule has 20 heavy (non-hydrogen) atoms. The normalized spacial score (nSPS) is 15.5. The number of hydrogen-bond acceptors (Lipinski definition) is 2. The van der Waals surface area contributed by atoms with Crippen LogP contribution in [0.2, 0.25) is 0 Å². The molecular formula is C17H25FO2. The largest absolute Gasteiger partial charge is 0.462 e. The van der Waals surface area contributed by atoms with Crippen LogP contribution in [0, 0.1) is 18.7 Å². The van der Waals surface area contributed by atoms with Crippen molar-refractivity contribution < 1.29 is 13.9 Å². The molecule has 3 unspecified atom stereocenters. The Morgan fingerprint density at radius 2 is 1.95 bits per heavy atom. The number of ether oxygens (including phenoxy) is 1. The molecule has 3 heteroatoms. The molecule has 0 bridgehead atoms. The molecule has 0 spiro atoms. The van der Waals surface area contributed by atoms with E-state index in [1.165, 1.54) is 6.07 Å². The number of carbonyl (C=O) groups excluding carboxylic acids is 1. The van der Waals surface area contributed by atoms with Crippen LogP contribution < -0.4 is 0 Å². The van der Waals surface area contributed by atoms with Gasteiger partial charge >= 0.3 is 5.97 Å². The lowest BCUT2D eigenvalue weighted by Crippen LogP contribution is -2.27. The maximum atomic E-state index is 13.3. The van der Waals surface area contributed by atoms with Gasteiger partial charge in [0.25, 0.3) is 0 Å². The van der Waals surface area contributed by atoms with Gasteiger partial charge < -0.3 is 4.74 Å². The summed E-state index contributed by atoms with van der Waals surface area (Å²) < 4.78 is 18.8. The Kier molecular flexibility index (Phi) is 6.18. The zero-order valence-electron chi connectivity index (χ0n) is 13.1. The van der Waals surface area contributed by atoms with E-state index in [2.05, 4.69) is 13.8 Å². The summed E-state index contributed by atoms with van der Waals surface area (Å²) in [6.07, 6.45) is 1.15. The fraction of sp³-hybridized carbons (Fsp3) is 0.588. The fourth-order valence-electron chi connectivity index (χ4n) is 2.65. The third-order valence-electron chi connectivity index (χ3n) is 3.96. The van der Waals surface area contributed by atoms with Gasteiger partial charge in [-0.1, -0.05) is 33.3 Å². The van der Waals surface area contributed by atoms with E-state index >= 15 is 0 Å². The van der Waals surface area contributed by atoms with E-state index < -0.39 is 0 Å². The predicted octanol–water partition coefficient (Wildman–Crippen LogP) is 4.61. The zero-order valence-corrected chi connectivity index (χ0v) is 13.1. The van der Waals surface area contributed by atoms with Crippen molar-refractivity contribution in [1.29, 1.82) is 0 Å². The lowest BCUT2D eigenvalue weighted by molar-refractivity contribution is -0.149. The highest BCUT2D eigenvalue weighted by atomic mass is 19.1. The minimum atomic E-state index is -0.229. The van der Waals surface area contributed by atoms with Gasteiger partial charge in [0.1, 0.15) is 11.9 Å². The summed E-state index contributed by atoms with van der Waals surface area (Å²) in [5, 5.41) is 0. The molecule has 0 aliphatic heterocycles. The van der Waals surface area contributed by atoms with Crippen LogP contribution in [0.5, 0.6) is 0 Å². The molecule has 1 aromatic carbocycles. The van der Waals surface area contributed by atoms with Gasteiger partial charge in [0.2, 0.25) is 0 Å². The highest BCUT2D eigenvalue weighted by Gasteiger charge is 2.28. The molecule has 112 valence electrons. The Hall–Kier alpha value is -1.38. The first-order valence-corrected chi connectivity index (χ1v) is 7.36. The molecule has 0 saturated heterocycles. The number of rotatable bonds is 6. The van der Waals surface area contributed by atoms with Crippen molar-refractivity contribution in [2.24, 2.45) is 5.92 Å². The Bertz CT molecular complexity index is 456. The maximum absolute atomic E-state index is 13.3. The summed E-state index contributed by atoms with van der Waals surface area (Å²) in [6.45, 7) is 9.88. The molecule has 2 nitrogen and oxygen atoms in total. The predicted molar refractivity (Wildman–Crippen MR) is 79.2 cm³/mol. The molecule has 0 heterocycles. The standard InChI is InChI=1S/C17H25FO2/c1-6-11(3)17(13(5)20-16(19)7-2)15-9-8-14(18)10-12(15)4/h8-11,13,17H,6-7H2,1-5H3. The second-order valence-corrected chi connectivity index (χ2v) is 5.46. The highest BCUT2D eigenvalue weighted by molar-refractivity contribution is 5.69. The van der Waals surface area contributed by atoms with Crippen molar-refractivity contribution in [2.75, 3.05) is 0 Å². The molecule has 0 aliphatic rings. The third-order valence-corrected chi connectivity index (χ3v) is 3.96. The smallest absolute Gasteiger partial charge is 0.305 e. The summed E-state index contributed by atoms with van der Waals surface area (Å²) in [5.74, 6) is 0.0350. The summed E-state index contributed by atoms with van der Waals surface area (Å²) in [6, 6.07) is 4.84. The Labute approximate surface area is 121 Å². The highest BCUT2D eigenvalue weighted by Crippen LogP contribution is 2.34. The summed E-state index contributed by atoms with van der Waals surface area (Å²) in [7, 11) is 0. The maximum Gasteiger partial charge on any atom is 0.305 e. The van der Waals surface area contributed by atoms with E-state index in [1.807, 2.05) is 19.9 Å². The van der Waals surface area contributed by atoms with Crippen molar-refractivity contribution in [3.05, 3.63) is 35.1 Å². The summed E-state index contributed by atoms with van der Waals surface area (Å²) in [4.78, 5) is 11.5. The van der Waals surface area contributed by atoms with E-state index in [1.54, 1.807) is 13.0 Å². The minimum Gasteiger partial charge on any atom is -0.462 e. The molecule has 1 rings (SSSR count). The number of hydrogen-bond donors (Lipinski definition) is 0. The van der Waals surface area contributed by atoms with E-state index in [-0.39, 0.29) is 23.8 Å². The van der Waals surface area contributed by atoms with Crippen molar-refractivity contribution in [3.8, 4) is 0 Å². The summed E-state index contributed by atoms with van der Waals surface area (Å²) in [5.41, 5.74) is 1.98. The molecular weight excluding hydrogens is 255 g/mol. The first-order chi connectivity index (χ1) is 9.40. The Balaban J connectivity index is 3.08. The van der Waals surface area contributed by atoms with Crippen molar-refractivity contribution in [3.63, 3.8) is 0 Å². The average molecular weight is 280 g/mol. The van der Waals surface area contributed by atoms with Crippen LogP contribution >= 0.6 is 0 Å². The van der Waals surface area contributed by atoms with Crippen molar-refractivity contribution >= 4 is 5.97 Å². The van der Waals surface area contributed by atoms with Gasteiger partial charge in [-0.25, -0.2) is 4.39 Å². The van der Waals surface area contributed by atoms with Crippen LogP contribution in [0.3, 0.4) is 0 Å². The number of carbonyl (C=O) groups is 1. The van der Waals surface area contributed by atoms with Gasteiger partial charge in [-0.15, -0.1) is 0 Å². The molecule has 0 saturated carbocycles. The van der Waals surface area contributed by atoms with Crippen molar-refractivity contribution in [1.82, 2.24) is 0 Å². The molecule has 1 aromatic rings. The molecule has 0 N–H and O–H groups in total. The lowest BCUT2D eigenvalue weighted by atomic mass is 9.80. The molecule has 0 radical (unpaired) electrons. The van der Waals surface area contributed by atoms with E-state index in [0.29, 0.717) is 12.3 Å². The van der Waals surface area contributed by atoms with Crippen molar-refractivity contribution in [2.45, 2.75) is 59.5 Å². The van der Waals surface area contributed by atoms with Gasteiger partial charge in [-0.3, -0.25) is 4.79 Å². The van der Waals surface area contributed by atoms with Crippen LogP contribution in [0.15, 0.2) is 18.2 Å². The van der Waals surface area contributed by atoms with E-state index in [0.717, 1.165) is 17.5 Å². The topological polar surface area (TPSA) is 26.3 Å². The van der Waals surface area contributed by atoms with Gasteiger partial charge in [-0.05, 0) is 43.0 Å². The first-order valence-electron chi connectivity index (χ1n) is 7.36. The molecule has 0 amide bonds. The number of aryl methyl sites for hydroxylation is 1. The first kappa shape index (κ1) is 16.7. The number of esters is 1. The monoisotopic (exact) mass is 280 g/mol. The van der Waals surface area contributed by atoms with Crippen LogP contribution in [0.1, 0.15) is 57.6 Å². The fourth-order valence-corrected chi connectivity index (χ4v) is 2.65. The van der Waals surface area contributed by atoms with Crippen LogP contribution in [0.4, 0.5) is 4.39 Å². The third kappa shape index (κ3) is 4.06. The Morgan fingerprint density at radius 3 is 2.45 bits per heavy atom. The molecule has 3 atom stereocenters. The number of halogens is 1.